The summed E-state index contributed by atoms with van der Waals surface area (Å²) in [4.78, 5) is 40.0. The molecule has 2 aromatic rings. The first kappa shape index (κ1) is 21.2. The van der Waals surface area contributed by atoms with Gasteiger partial charge >= 0.3 is 0 Å². The Hall–Kier alpha value is -1.99. The fraction of sp³-hybridized carbons (Fsp3) is 0.348. The Bertz CT molecular complexity index is 994. The van der Waals surface area contributed by atoms with Gasteiger partial charge in [-0.05, 0) is 74.2 Å². The van der Waals surface area contributed by atoms with Crippen LogP contribution in [0.2, 0.25) is 0 Å². The third-order valence-electron chi connectivity index (χ3n) is 6.06. The number of aryl methyl sites for hydroxylation is 2. The van der Waals surface area contributed by atoms with Gasteiger partial charge in [-0.1, -0.05) is 37.9 Å². The Kier molecular flexibility index (Phi) is 5.86. The van der Waals surface area contributed by atoms with E-state index in [1.54, 1.807) is 24.3 Å². The third-order valence-corrected chi connectivity index (χ3v) is 8.80. The van der Waals surface area contributed by atoms with E-state index in [2.05, 4.69) is 37.2 Å². The minimum Gasteiger partial charge on any atom is -0.322 e. The van der Waals surface area contributed by atoms with Crippen LogP contribution in [0, 0.1) is 25.7 Å². The highest BCUT2D eigenvalue weighted by atomic mass is 79.9. The molecule has 7 heteroatoms. The van der Waals surface area contributed by atoms with Gasteiger partial charge < -0.3 is 5.32 Å². The van der Waals surface area contributed by atoms with Crippen molar-refractivity contribution in [2.24, 2.45) is 11.8 Å². The number of carbonyl (C=O) groups is 3. The van der Waals surface area contributed by atoms with Crippen molar-refractivity contribution in [3.8, 4) is 0 Å². The first-order valence-electron chi connectivity index (χ1n) is 9.91. The largest absolute Gasteiger partial charge is 0.322 e. The molecule has 30 heavy (non-hydrogen) atoms. The zero-order valence-corrected chi connectivity index (χ0v) is 19.9. The highest BCUT2D eigenvalue weighted by molar-refractivity contribution is 9.12. The summed E-state index contributed by atoms with van der Waals surface area (Å²) in [6, 6.07) is 12.4. The van der Waals surface area contributed by atoms with E-state index in [9.17, 15) is 14.4 Å². The number of amides is 3. The standard InChI is InChI=1S/C23H22Br2N2O3/c1-12-3-6-15(9-13(12)2)26-21(28)14-4-7-16(8-5-14)27-22(29)17-10-19(24)20(25)11-18(17)23(27)30/h3-9,17-20H,10-11H2,1-2H3,(H,26,28)/t17-,18+,19+,20-. The lowest BCUT2D eigenvalue weighted by atomic mass is 9.81. The molecule has 0 bridgehead atoms. The molecule has 5 nitrogen and oxygen atoms in total. The Morgan fingerprint density at radius 2 is 1.47 bits per heavy atom. The number of hydrogen-bond acceptors (Lipinski definition) is 3. The normalized spacial score (nSPS) is 25.9. The summed E-state index contributed by atoms with van der Waals surface area (Å²) < 4.78 is 0. The average Bonchev–Trinajstić information content (AvgIpc) is 2.95. The van der Waals surface area contributed by atoms with Gasteiger partial charge in [-0.2, -0.15) is 0 Å². The predicted molar refractivity (Wildman–Crippen MR) is 124 cm³/mol. The molecular weight excluding hydrogens is 512 g/mol. The zero-order chi connectivity index (χ0) is 21.6. The van der Waals surface area contributed by atoms with Crippen molar-refractivity contribution in [1.82, 2.24) is 0 Å². The van der Waals surface area contributed by atoms with Crippen LogP contribution >= 0.6 is 31.9 Å². The number of rotatable bonds is 3. The summed E-state index contributed by atoms with van der Waals surface area (Å²) in [6.45, 7) is 4.02. The summed E-state index contributed by atoms with van der Waals surface area (Å²) in [7, 11) is 0. The summed E-state index contributed by atoms with van der Waals surface area (Å²) in [5.74, 6) is -1.11. The van der Waals surface area contributed by atoms with E-state index in [0.717, 1.165) is 16.8 Å². The highest BCUT2D eigenvalue weighted by Crippen LogP contribution is 2.44. The van der Waals surface area contributed by atoms with E-state index in [4.69, 9.17) is 0 Å². The molecule has 0 unspecified atom stereocenters. The molecule has 1 heterocycles. The fourth-order valence-electron chi connectivity index (χ4n) is 4.13. The number of benzene rings is 2. The quantitative estimate of drug-likeness (QED) is 0.447. The van der Waals surface area contributed by atoms with Gasteiger partial charge in [0, 0.05) is 20.9 Å². The van der Waals surface area contributed by atoms with E-state index in [1.807, 2.05) is 32.0 Å². The summed E-state index contributed by atoms with van der Waals surface area (Å²) in [5.41, 5.74) is 3.98. The molecule has 2 aliphatic rings. The molecule has 1 aliphatic heterocycles. The van der Waals surface area contributed by atoms with Crippen molar-refractivity contribution < 1.29 is 14.4 Å². The Labute approximate surface area is 192 Å². The Balaban J connectivity index is 1.50. The lowest BCUT2D eigenvalue weighted by Crippen LogP contribution is -2.34. The average molecular weight is 534 g/mol. The topological polar surface area (TPSA) is 66.5 Å². The summed E-state index contributed by atoms with van der Waals surface area (Å²) in [6.07, 6.45) is 1.27. The van der Waals surface area contributed by atoms with Crippen molar-refractivity contribution in [3.63, 3.8) is 0 Å². The second-order valence-corrected chi connectivity index (χ2v) is 10.4. The molecule has 4 atom stereocenters. The molecular formula is C23H22Br2N2O3. The van der Waals surface area contributed by atoms with Crippen LogP contribution in [0.1, 0.15) is 34.3 Å². The number of fused-ring (bicyclic) bond motifs is 1. The van der Waals surface area contributed by atoms with Crippen LogP contribution in [0.15, 0.2) is 42.5 Å². The molecule has 1 saturated carbocycles. The second-order valence-electron chi connectivity index (χ2n) is 8.03. The molecule has 0 spiro atoms. The van der Waals surface area contributed by atoms with Crippen LogP contribution in [0.4, 0.5) is 11.4 Å². The van der Waals surface area contributed by atoms with Gasteiger partial charge in [-0.3, -0.25) is 19.3 Å². The number of halogens is 2. The minimum absolute atomic E-state index is 0.152. The molecule has 156 valence electrons. The van der Waals surface area contributed by atoms with Crippen molar-refractivity contribution in [3.05, 3.63) is 59.2 Å². The summed E-state index contributed by atoms with van der Waals surface area (Å²) in [5, 5.41) is 2.89. The van der Waals surface area contributed by atoms with Crippen LogP contribution < -0.4 is 10.2 Å². The molecule has 3 amide bonds. The number of imide groups is 1. The van der Waals surface area contributed by atoms with Crippen molar-refractivity contribution in [2.45, 2.75) is 36.3 Å². The molecule has 1 saturated heterocycles. The van der Waals surface area contributed by atoms with Crippen LogP contribution in [-0.2, 0) is 9.59 Å². The van der Waals surface area contributed by atoms with Gasteiger partial charge in [-0.15, -0.1) is 0 Å². The molecule has 0 aromatic heterocycles. The molecule has 2 aromatic carbocycles. The van der Waals surface area contributed by atoms with Gasteiger partial charge in [0.15, 0.2) is 0 Å². The molecule has 0 radical (unpaired) electrons. The monoisotopic (exact) mass is 532 g/mol. The minimum atomic E-state index is -0.288. The van der Waals surface area contributed by atoms with E-state index >= 15 is 0 Å². The maximum atomic E-state index is 12.9. The third kappa shape index (κ3) is 3.85. The van der Waals surface area contributed by atoms with Gasteiger partial charge in [-0.25, -0.2) is 0 Å². The molecule has 4 rings (SSSR count). The van der Waals surface area contributed by atoms with Gasteiger partial charge in [0.05, 0.1) is 17.5 Å². The number of anilines is 2. The molecule has 2 fully saturated rings. The Morgan fingerprint density at radius 1 is 0.900 bits per heavy atom. The van der Waals surface area contributed by atoms with Gasteiger partial charge in [0.1, 0.15) is 0 Å². The van der Waals surface area contributed by atoms with Crippen LogP contribution in [-0.4, -0.2) is 27.4 Å². The first-order valence-corrected chi connectivity index (χ1v) is 11.7. The van der Waals surface area contributed by atoms with Crippen LogP contribution in [0.25, 0.3) is 0 Å². The zero-order valence-electron chi connectivity index (χ0n) is 16.7. The van der Waals surface area contributed by atoms with Crippen molar-refractivity contribution in [2.75, 3.05) is 10.2 Å². The maximum absolute atomic E-state index is 12.9. The number of nitrogens with zero attached hydrogens (tertiary/aromatic N) is 1. The molecule has 1 N–H and O–H groups in total. The first-order chi connectivity index (χ1) is 14.3. The van der Waals surface area contributed by atoms with Crippen LogP contribution in [0.3, 0.4) is 0 Å². The number of nitrogens with one attached hydrogen (secondary N) is 1. The maximum Gasteiger partial charge on any atom is 0.255 e. The lowest BCUT2D eigenvalue weighted by molar-refractivity contribution is -0.122. The predicted octanol–water partition coefficient (Wildman–Crippen LogP) is 4.98. The van der Waals surface area contributed by atoms with Crippen molar-refractivity contribution >= 4 is 61.0 Å². The van der Waals surface area contributed by atoms with Crippen LogP contribution in [0.5, 0.6) is 0 Å². The summed E-state index contributed by atoms with van der Waals surface area (Å²) >= 11 is 7.20. The van der Waals surface area contributed by atoms with Gasteiger partial charge in [0.2, 0.25) is 11.8 Å². The second kappa shape index (κ2) is 8.27. The van der Waals surface area contributed by atoms with Crippen molar-refractivity contribution in [1.29, 1.82) is 0 Å². The molecule has 1 aliphatic carbocycles. The number of carbonyl (C=O) groups excluding carboxylic acids is 3. The van der Waals surface area contributed by atoms with E-state index in [1.165, 1.54) is 4.90 Å². The number of alkyl halides is 2. The number of hydrogen-bond donors (Lipinski definition) is 1. The lowest BCUT2D eigenvalue weighted by Gasteiger charge is -2.29. The fourth-order valence-corrected chi connectivity index (χ4v) is 5.37. The smallest absolute Gasteiger partial charge is 0.255 e. The van der Waals surface area contributed by atoms with E-state index in [-0.39, 0.29) is 39.2 Å². The van der Waals surface area contributed by atoms with E-state index < -0.39 is 0 Å². The van der Waals surface area contributed by atoms with Gasteiger partial charge in [0.25, 0.3) is 5.91 Å². The van der Waals surface area contributed by atoms with E-state index in [0.29, 0.717) is 24.1 Å². The SMILES string of the molecule is Cc1ccc(NC(=O)c2ccc(N3C(=O)[C@H]4C[C@@H](Br)[C@@H](Br)C[C@H]4C3=O)cc2)cc1C. The Morgan fingerprint density at radius 3 is 2.00 bits per heavy atom. The highest BCUT2D eigenvalue weighted by Gasteiger charge is 2.52.